The molecule has 1 aromatic heterocycles. The molecule has 1 N–H and O–H groups in total. The first-order valence-electron chi connectivity index (χ1n) is 10.2. The number of rotatable bonds is 4. The van der Waals surface area contributed by atoms with E-state index in [1.807, 2.05) is 43.3 Å². The Bertz CT molecular complexity index is 1160. The van der Waals surface area contributed by atoms with Crippen LogP contribution in [0, 0.1) is 6.92 Å². The van der Waals surface area contributed by atoms with Crippen LogP contribution in [0.4, 0.5) is 5.69 Å². The van der Waals surface area contributed by atoms with E-state index in [9.17, 15) is 9.59 Å². The maximum atomic E-state index is 13.2. The highest BCUT2D eigenvalue weighted by Crippen LogP contribution is 2.29. The van der Waals surface area contributed by atoms with E-state index < -0.39 is 6.04 Å². The molecule has 1 amide bonds. The molecule has 1 aliphatic carbocycles. The van der Waals surface area contributed by atoms with E-state index in [2.05, 4.69) is 10.4 Å². The summed E-state index contributed by atoms with van der Waals surface area (Å²) in [4.78, 5) is 26.2. The average molecular weight is 422 g/mol. The first-order valence-corrected chi connectivity index (χ1v) is 10.6. The Kier molecular flexibility index (Phi) is 5.73. The van der Waals surface area contributed by atoms with Crippen LogP contribution in [-0.4, -0.2) is 15.7 Å². The standard InChI is InChI=1S/C24H24ClN3O2/c1-15-12-13-18(25)14-21(15)26-23(29)16(2)28-24(30)20-11-7-6-10-19(20)22(27-28)17-8-4-3-5-9-17/h3-5,8-9,12-14,16H,6-7,10-11H2,1-2H3,(H,26,29). The zero-order valence-electron chi connectivity index (χ0n) is 17.1. The monoisotopic (exact) mass is 421 g/mol. The molecule has 0 bridgehead atoms. The predicted octanol–water partition coefficient (Wildman–Crippen LogP) is 4.95. The fourth-order valence-corrected chi connectivity index (χ4v) is 4.09. The SMILES string of the molecule is Cc1ccc(Cl)cc1NC(=O)C(C)n1nc(-c2ccccc2)c2c(c1=O)CCCC2. The minimum absolute atomic E-state index is 0.171. The molecule has 30 heavy (non-hydrogen) atoms. The summed E-state index contributed by atoms with van der Waals surface area (Å²) in [6.07, 6.45) is 3.58. The Labute approximate surface area is 180 Å². The van der Waals surface area contributed by atoms with Crippen molar-refractivity contribution >= 4 is 23.2 Å². The summed E-state index contributed by atoms with van der Waals surface area (Å²) in [5.74, 6) is -0.301. The molecule has 1 aliphatic rings. The van der Waals surface area contributed by atoms with Crippen LogP contribution >= 0.6 is 11.6 Å². The van der Waals surface area contributed by atoms with E-state index in [4.69, 9.17) is 11.6 Å². The maximum absolute atomic E-state index is 13.2. The second-order valence-electron chi connectivity index (χ2n) is 7.75. The van der Waals surface area contributed by atoms with Gasteiger partial charge in [0.05, 0.1) is 5.69 Å². The summed E-state index contributed by atoms with van der Waals surface area (Å²) in [7, 11) is 0. The second kappa shape index (κ2) is 8.44. The van der Waals surface area contributed by atoms with E-state index in [1.165, 1.54) is 4.68 Å². The van der Waals surface area contributed by atoms with Gasteiger partial charge in [0.2, 0.25) is 5.91 Å². The highest BCUT2D eigenvalue weighted by atomic mass is 35.5. The van der Waals surface area contributed by atoms with Crippen molar-refractivity contribution in [2.24, 2.45) is 0 Å². The molecule has 0 saturated carbocycles. The molecule has 0 aliphatic heterocycles. The number of amides is 1. The van der Waals surface area contributed by atoms with E-state index >= 15 is 0 Å². The maximum Gasteiger partial charge on any atom is 0.271 e. The van der Waals surface area contributed by atoms with Crippen LogP contribution in [0.2, 0.25) is 5.02 Å². The van der Waals surface area contributed by atoms with E-state index in [0.29, 0.717) is 10.7 Å². The number of halogens is 1. The van der Waals surface area contributed by atoms with Gasteiger partial charge in [-0.1, -0.05) is 48.0 Å². The Morgan fingerprint density at radius 3 is 2.53 bits per heavy atom. The van der Waals surface area contributed by atoms with Crippen LogP contribution in [0.1, 0.15) is 42.5 Å². The summed E-state index contributed by atoms with van der Waals surface area (Å²) in [6.45, 7) is 3.60. The number of aryl methyl sites for hydroxylation is 1. The molecule has 2 aromatic carbocycles. The number of aromatic nitrogens is 2. The fraction of sp³-hybridized carbons (Fsp3) is 0.292. The van der Waals surface area contributed by atoms with Crippen molar-refractivity contribution < 1.29 is 4.79 Å². The number of benzene rings is 2. The minimum Gasteiger partial charge on any atom is -0.324 e. The number of hydrogen-bond acceptors (Lipinski definition) is 3. The third-order valence-electron chi connectivity index (χ3n) is 5.68. The lowest BCUT2D eigenvalue weighted by Crippen LogP contribution is -2.37. The zero-order valence-corrected chi connectivity index (χ0v) is 17.9. The lowest BCUT2D eigenvalue weighted by atomic mass is 9.89. The van der Waals surface area contributed by atoms with E-state index in [1.54, 1.807) is 19.1 Å². The number of hydrogen-bond donors (Lipinski definition) is 1. The molecule has 0 saturated heterocycles. The van der Waals surface area contributed by atoms with Crippen molar-refractivity contribution in [3.05, 3.63) is 80.6 Å². The van der Waals surface area contributed by atoms with Crippen molar-refractivity contribution in [2.75, 3.05) is 5.32 Å². The van der Waals surface area contributed by atoms with Gasteiger partial charge in [-0.2, -0.15) is 5.10 Å². The molecule has 5 nitrogen and oxygen atoms in total. The van der Waals surface area contributed by atoms with Gasteiger partial charge in [-0.3, -0.25) is 9.59 Å². The zero-order chi connectivity index (χ0) is 21.3. The smallest absolute Gasteiger partial charge is 0.271 e. The van der Waals surface area contributed by atoms with Gasteiger partial charge in [-0.05, 0) is 62.8 Å². The third kappa shape index (κ3) is 3.90. The molecule has 0 fully saturated rings. The van der Waals surface area contributed by atoms with Crippen LogP contribution < -0.4 is 10.9 Å². The van der Waals surface area contributed by atoms with Crippen molar-refractivity contribution in [1.29, 1.82) is 0 Å². The largest absolute Gasteiger partial charge is 0.324 e. The summed E-state index contributed by atoms with van der Waals surface area (Å²) < 4.78 is 1.34. The molecule has 1 atom stereocenters. The number of anilines is 1. The summed E-state index contributed by atoms with van der Waals surface area (Å²) in [6, 6.07) is 14.4. The molecule has 0 spiro atoms. The molecule has 3 aromatic rings. The number of fused-ring (bicyclic) bond motifs is 1. The van der Waals surface area contributed by atoms with Crippen LogP contribution in [0.5, 0.6) is 0 Å². The normalized spacial score (nSPS) is 14.1. The Morgan fingerprint density at radius 2 is 1.80 bits per heavy atom. The first kappa shape index (κ1) is 20.4. The van der Waals surface area contributed by atoms with Crippen molar-refractivity contribution in [3.63, 3.8) is 0 Å². The molecule has 6 heteroatoms. The summed E-state index contributed by atoms with van der Waals surface area (Å²) >= 11 is 6.07. The third-order valence-corrected chi connectivity index (χ3v) is 5.91. The van der Waals surface area contributed by atoms with Gasteiger partial charge in [-0.15, -0.1) is 0 Å². The number of nitrogens with one attached hydrogen (secondary N) is 1. The van der Waals surface area contributed by atoms with Gasteiger partial charge in [0, 0.05) is 21.8 Å². The van der Waals surface area contributed by atoms with Crippen LogP contribution in [0.25, 0.3) is 11.3 Å². The molecule has 0 radical (unpaired) electrons. The Balaban J connectivity index is 1.75. The molecule has 154 valence electrons. The summed E-state index contributed by atoms with van der Waals surface area (Å²) in [5, 5.41) is 8.11. The lowest BCUT2D eigenvalue weighted by molar-refractivity contribution is -0.119. The predicted molar refractivity (Wildman–Crippen MR) is 120 cm³/mol. The molecule has 1 heterocycles. The topological polar surface area (TPSA) is 64.0 Å². The number of carbonyl (C=O) groups is 1. The van der Waals surface area contributed by atoms with Gasteiger partial charge in [0.25, 0.3) is 5.56 Å². The highest BCUT2D eigenvalue weighted by molar-refractivity contribution is 6.31. The Hall–Kier alpha value is -2.92. The van der Waals surface area contributed by atoms with E-state index in [-0.39, 0.29) is 11.5 Å². The minimum atomic E-state index is -0.759. The molecule has 4 rings (SSSR count). The molecular formula is C24H24ClN3O2. The van der Waals surface area contributed by atoms with Crippen LogP contribution in [0.3, 0.4) is 0 Å². The number of carbonyl (C=O) groups excluding carboxylic acids is 1. The van der Waals surface area contributed by atoms with Gasteiger partial charge >= 0.3 is 0 Å². The quantitative estimate of drug-likeness (QED) is 0.648. The van der Waals surface area contributed by atoms with Gasteiger partial charge < -0.3 is 5.32 Å². The second-order valence-corrected chi connectivity index (χ2v) is 8.19. The highest BCUT2D eigenvalue weighted by Gasteiger charge is 2.25. The van der Waals surface area contributed by atoms with Crippen LogP contribution in [-0.2, 0) is 17.6 Å². The Morgan fingerprint density at radius 1 is 1.10 bits per heavy atom. The fourth-order valence-electron chi connectivity index (χ4n) is 3.92. The van der Waals surface area contributed by atoms with E-state index in [0.717, 1.165) is 53.6 Å². The van der Waals surface area contributed by atoms with Gasteiger partial charge in [0.1, 0.15) is 6.04 Å². The van der Waals surface area contributed by atoms with Crippen molar-refractivity contribution in [1.82, 2.24) is 9.78 Å². The van der Waals surface area contributed by atoms with Crippen molar-refractivity contribution in [2.45, 2.75) is 45.6 Å². The summed E-state index contributed by atoms with van der Waals surface area (Å²) in [5.41, 5.74) is 4.92. The first-order chi connectivity index (χ1) is 14.5. The molecular weight excluding hydrogens is 398 g/mol. The van der Waals surface area contributed by atoms with Gasteiger partial charge in [-0.25, -0.2) is 4.68 Å². The van der Waals surface area contributed by atoms with Crippen molar-refractivity contribution in [3.8, 4) is 11.3 Å². The van der Waals surface area contributed by atoms with Gasteiger partial charge in [0.15, 0.2) is 0 Å². The van der Waals surface area contributed by atoms with Crippen LogP contribution in [0.15, 0.2) is 53.3 Å². The lowest BCUT2D eigenvalue weighted by Gasteiger charge is -2.23. The number of nitrogens with zero attached hydrogens (tertiary/aromatic N) is 2. The molecule has 1 unspecified atom stereocenters. The average Bonchev–Trinajstić information content (AvgIpc) is 2.77.